The fraction of sp³-hybridized carbons (Fsp3) is 0.143. The van der Waals surface area contributed by atoms with Crippen LogP contribution in [-0.4, -0.2) is 0 Å². The Labute approximate surface area is 125 Å². The third kappa shape index (κ3) is 3.60. The summed E-state index contributed by atoms with van der Waals surface area (Å²) < 4.78 is 40.3. The predicted molar refractivity (Wildman–Crippen MR) is 75.8 cm³/mol. The topological polar surface area (TPSA) is 0 Å². The van der Waals surface area contributed by atoms with Crippen molar-refractivity contribution in [3.05, 3.63) is 69.4 Å². The van der Waals surface area contributed by atoms with Gasteiger partial charge in [-0.2, -0.15) is 0 Å². The first-order valence-electron chi connectivity index (χ1n) is 5.50. The molecule has 0 aliphatic carbocycles. The Bertz CT molecular complexity index is 599. The van der Waals surface area contributed by atoms with Crippen molar-refractivity contribution in [2.75, 3.05) is 0 Å². The van der Waals surface area contributed by atoms with Gasteiger partial charge in [-0.25, -0.2) is 13.2 Å². The zero-order chi connectivity index (χ0) is 14.0. The zero-order valence-electron chi connectivity index (χ0n) is 9.64. The molecule has 0 amide bonds. The van der Waals surface area contributed by atoms with Gasteiger partial charge >= 0.3 is 0 Å². The van der Waals surface area contributed by atoms with Crippen LogP contribution in [0.5, 0.6) is 0 Å². The van der Waals surface area contributed by atoms with Crippen molar-refractivity contribution >= 4 is 31.9 Å². The van der Waals surface area contributed by atoms with Crippen LogP contribution in [-0.2, 0) is 6.42 Å². The highest BCUT2D eigenvalue weighted by Crippen LogP contribution is 2.32. The van der Waals surface area contributed by atoms with Crippen molar-refractivity contribution in [3.8, 4) is 0 Å². The summed E-state index contributed by atoms with van der Waals surface area (Å²) in [5, 5.41) is 0. The van der Waals surface area contributed by atoms with Crippen LogP contribution in [0.25, 0.3) is 0 Å². The second-order valence-corrected chi connectivity index (χ2v) is 6.05. The van der Waals surface area contributed by atoms with Crippen molar-refractivity contribution in [1.29, 1.82) is 0 Å². The lowest BCUT2D eigenvalue weighted by molar-refractivity contribution is 0.578. The minimum absolute atomic E-state index is 0.0826. The Morgan fingerprint density at radius 2 is 1.74 bits per heavy atom. The summed E-state index contributed by atoms with van der Waals surface area (Å²) in [7, 11) is 0. The molecule has 2 aromatic rings. The standard InChI is InChI=1S/C14H9Br2F3/c15-11(5-8-2-1-3-9(17)4-8)10-6-14(19)12(16)7-13(10)18/h1-4,6-7,11H,5H2. The Hall–Kier alpha value is -0.810. The van der Waals surface area contributed by atoms with E-state index in [4.69, 9.17) is 0 Å². The molecule has 0 fully saturated rings. The second kappa shape index (κ2) is 6.09. The van der Waals surface area contributed by atoms with Gasteiger partial charge < -0.3 is 0 Å². The van der Waals surface area contributed by atoms with Crippen LogP contribution in [0, 0.1) is 17.5 Å². The summed E-state index contributed by atoms with van der Waals surface area (Å²) in [6.07, 6.45) is 0.371. The molecule has 0 saturated carbocycles. The molecule has 5 heteroatoms. The third-order valence-electron chi connectivity index (χ3n) is 2.68. The van der Waals surface area contributed by atoms with E-state index in [2.05, 4.69) is 31.9 Å². The first-order chi connectivity index (χ1) is 8.97. The van der Waals surface area contributed by atoms with Crippen molar-refractivity contribution in [3.63, 3.8) is 0 Å². The summed E-state index contributed by atoms with van der Waals surface area (Å²) >= 11 is 6.24. The molecule has 1 unspecified atom stereocenters. The summed E-state index contributed by atoms with van der Waals surface area (Å²) in [5.74, 6) is -1.38. The largest absolute Gasteiger partial charge is 0.207 e. The SMILES string of the molecule is Fc1cccc(CC(Br)c2cc(F)c(Br)cc2F)c1. The minimum Gasteiger partial charge on any atom is -0.207 e. The van der Waals surface area contributed by atoms with E-state index in [-0.39, 0.29) is 15.9 Å². The van der Waals surface area contributed by atoms with Gasteiger partial charge in [0.05, 0.1) is 4.47 Å². The molecule has 1 atom stereocenters. The van der Waals surface area contributed by atoms with E-state index in [0.29, 0.717) is 12.0 Å². The molecule has 19 heavy (non-hydrogen) atoms. The Balaban J connectivity index is 2.25. The summed E-state index contributed by atoms with van der Waals surface area (Å²) in [5.41, 5.74) is 0.926. The van der Waals surface area contributed by atoms with E-state index in [1.807, 2.05) is 0 Å². The highest BCUT2D eigenvalue weighted by Gasteiger charge is 2.16. The molecule has 0 N–H and O–H groups in total. The molecule has 0 nitrogen and oxygen atoms in total. The van der Waals surface area contributed by atoms with Gasteiger partial charge in [0.2, 0.25) is 0 Å². The van der Waals surface area contributed by atoms with E-state index in [9.17, 15) is 13.2 Å². The number of benzene rings is 2. The zero-order valence-corrected chi connectivity index (χ0v) is 12.8. The lowest BCUT2D eigenvalue weighted by Gasteiger charge is -2.12. The number of halogens is 5. The van der Waals surface area contributed by atoms with Crippen LogP contribution in [0.4, 0.5) is 13.2 Å². The quantitative estimate of drug-likeness (QED) is 0.474. The van der Waals surface area contributed by atoms with Crippen molar-refractivity contribution in [2.24, 2.45) is 0 Å². The number of hydrogen-bond donors (Lipinski definition) is 0. The van der Waals surface area contributed by atoms with E-state index >= 15 is 0 Å². The average molecular weight is 394 g/mol. The smallest absolute Gasteiger partial charge is 0.137 e. The Morgan fingerprint density at radius 3 is 2.42 bits per heavy atom. The van der Waals surface area contributed by atoms with Crippen molar-refractivity contribution in [2.45, 2.75) is 11.2 Å². The molecule has 0 aromatic heterocycles. The Kier molecular flexibility index (Phi) is 4.68. The van der Waals surface area contributed by atoms with Crippen LogP contribution in [0.15, 0.2) is 40.9 Å². The maximum absolute atomic E-state index is 13.8. The fourth-order valence-corrected chi connectivity index (χ4v) is 2.80. The van der Waals surface area contributed by atoms with Crippen LogP contribution in [0.2, 0.25) is 0 Å². The average Bonchev–Trinajstić information content (AvgIpc) is 2.33. The molecule has 100 valence electrons. The molecular formula is C14H9Br2F3. The first kappa shape index (κ1) is 14.6. The fourth-order valence-electron chi connectivity index (χ4n) is 1.76. The molecule has 0 aliphatic heterocycles. The number of alkyl halides is 1. The van der Waals surface area contributed by atoms with E-state index < -0.39 is 16.5 Å². The molecule has 0 heterocycles. The Morgan fingerprint density at radius 1 is 1.00 bits per heavy atom. The van der Waals surface area contributed by atoms with Gasteiger partial charge in [0.25, 0.3) is 0 Å². The molecule has 0 radical (unpaired) electrons. The van der Waals surface area contributed by atoms with Crippen molar-refractivity contribution in [1.82, 2.24) is 0 Å². The number of hydrogen-bond acceptors (Lipinski definition) is 0. The second-order valence-electron chi connectivity index (χ2n) is 4.09. The summed E-state index contributed by atoms with van der Waals surface area (Å²) in [4.78, 5) is -0.420. The molecular weight excluding hydrogens is 385 g/mol. The normalized spacial score (nSPS) is 12.5. The van der Waals surface area contributed by atoms with Gasteiger partial charge in [0, 0.05) is 10.4 Å². The molecule has 2 rings (SSSR count). The van der Waals surface area contributed by atoms with E-state index in [1.165, 1.54) is 12.1 Å². The molecule has 0 bridgehead atoms. The van der Waals surface area contributed by atoms with Gasteiger partial charge in [0.15, 0.2) is 0 Å². The van der Waals surface area contributed by atoms with Crippen LogP contribution < -0.4 is 0 Å². The minimum atomic E-state index is -0.528. The molecule has 0 aliphatic rings. The van der Waals surface area contributed by atoms with E-state index in [1.54, 1.807) is 12.1 Å². The predicted octanol–water partition coefficient (Wildman–Crippen LogP) is 5.55. The number of rotatable bonds is 3. The summed E-state index contributed by atoms with van der Waals surface area (Å²) in [6.45, 7) is 0. The van der Waals surface area contributed by atoms with E-state index in [0.717, 1.165) is 12.1 Å². The lowest BCUT2D eigenvalue weighted by Crippen LogP contribution is -2.00. The van der Waals surface area contributed by atoms with Crippen LogP contribution in [0.3, 0.4) is 0 Å². The highest BCUT2D eigenvalue weighted by atomic mass is 79.9. The third-order valence-corrected chi connectivity index (χ3v) is 4.11. The van der Waals surface area contributed by atoms with Gasteiger partial charge in [-0.05, 0) is 52.2 Å². The van der Waals surface area contributed by atoms with Crippen LogP contribution >= 0.6 is 31.9 Å². The molecule has 2 aromatic carbocycles. The van der Waals surface area contributed by atoms with Crippen molar-refractivity contribution < 1.29 is 13.2 Å². The van der Waals surface area contributed by atoms with Gasteiger partial charge in [-0.1, -0.05) is 28.1 Å². The van der Waals surface area contributed by atoms with Gasteiger partial charge in [0.1, 0.15) is 17.5 Å². The lowest BCUT2D eigenvalue weighted by atomic mass is 10.0. The monoisotopic (exact) mass is 392 g/mol. The maximum Gasteiger partial charge on any atom is 0.137 e. The van der Waals surface area contributed by atoms with Gasteiger partial charge in [-0.3, -0.25) is 0 Å². The first-order valence-corrected chi connectivity index (χ1v) is 7.21. The van der Waals surface area contributed by atoms with Crippen LogP contribution in [0.1, 0.15) is 16.0 Å². The molecule has 0 saturated heterocycles. The highest BCUT2D eigenvalue weighted by molar-refractivity contribution is 9.10. The molecule has 0 spiro atoms. The summed E-state index contributed by atoms with van der Waals surface area (Å²) in [6, 6.07) is 8.27. The maximum atomic E-state index is 13.8. The van der Waals surface area contributed by atoms with Gasteiger partial charge in [-0.15, -0.1) is 0 Å².